The molecule has 3 amide bonds. The van der Waals surface area contributed by atoms with Crippen LogP contribution in [0.2, 0.25) is 0 Å². The molecule has 2 aliphatic rings. The van der Waals surface area contributed by atoms with Crippen LogP contribution in [0, 0.1) is 18.8 Å². The molecular formula is C18H21BrN2O3. The lowest BCUT2D eigenvalue weighted by Crippen LogP contribution is -2.34. The predicted molar refractivity (Wildman–Crippen MR) is 94.3 cm³/mol. The van der Waals surface area contributed by atoms with Gasteiger partial charge in [0, 0.05) is 23.1 Å². The van der Waals surface area contributed by atoms with Crippen LogP contribution < -0.4 is 5.32 Å². The number of nitrogens with zero attached hydrogens (tertiary/aromatic N) is 1. The summed E-state index contributed by atoms with van der Waals surface area (Å²) in [6.45, 7) is 2.09. The fourth-order valence-corrected chi connectivity index (χ4v) is 4.12. The molecule has 1 aromatic rings. The summed E-state index contributed by atoms with van der Waals surface area (Å²) in [5, 5.41) is 2.84. The number of hydrogen-bond acceptors (Lipinski definition) is 3. The van der Waals surface area contributed by atoms with E-state index in [4.69, 9.17) is 0 Å². The zero-order chi connectivity index (χ0) is 17.3. The SMILES string of the molecule is Cc1cc(Br)ccc1NC(=O)CCN1C(=O)C2CCCCC2C1=O. The molecule has 0 aromatic heterocycles. The molecule has 1 saturated carbocycles. The first-order valence-electron chi connectivity index (χ1n) is 8.38. The molecule has 1 aliphatic heterocycles. The largest absolute Gasteiger partial charge is 0.326 e. The van der Waals surface area contributed by atoms with Crippen molar-refractivity contribution < 1.29 is 14.4 Å². The van der Waals surface area contributed by atoms with E-state index in [1.165, 1.54) is 4.90 Å². The van der Waals surface area contributed by atoms with E-state index in [0.717, 1.165) is 41.4 Å². The molecule has 1 aliphatic carbocycles. The Bertz CT molecular complexity index is 665. The Morgan fingerprint density at radius 2 is 1.83 bits per heavy atom. The highest BCUT2D eigenvalue weighted by atomic mass is 79.9. The second-order valence-electron chi connectivity index (χ2n) is 6.58. The Balaban J connectivity index is 1.58. The van der Waals surface area contributed by atoms with Gasteiger partial charge in [0.25, 0.3) is 0 Å². The molecule has 2 atom stereocenters. The number of carbonyl (C=O) groups is 3. The molecule has 1 heterocycles. The summed E-state index contributed by atoms with van der Waals surface area (Å²) < 4.78 is 0.953. The summed E-state index contributed by atoms with van der Waals surface area (Å²) in [5.41, 5.74) is 1.70. The quantitative estimate of drug-likeness (QED) is 0.799. The van der Waals surface area contributed by atoms with E-state index in [1.807, 2.05) is 25.1 Å². The summed E-state index contributed by atoms with van der Waals surface area (Å²) in [6.07, 6.45) is 3.76. The van der Waals surface area contributed by atoms with E-state index in [9.17, 15) is 14.4 Å². The van der Waals surface area contributed by atoms with E-state index in [-0.39, 0.29) is 42.5 Å². The van der Waals surface area contributed by atoms with Gasteiger partial charge in [0.2, 0.25) is 17.7 Å². The number of amides is 3. The average Bonchev–Trinajstić information content (AvgIpc) is 2.80. The zero-order valence-corrected chi connectivity index (χ0v) is 15.3. The second kappa shape index (κ2) is 7.05. The lowest BCUT2D eigenvalue weighted by molar-refractivity contribution is -0.140. The number of aryl methyl sites for hydroxylation is 1. The van der Waals surface area contributed by atoms with Crippen LogP contribution >= 0.6 is 15.9 Å². The van der Waals surface area contributed by atoms with Gasteiger partial charge in [-0.1, -0.05) is 28.8 Å². The van der Waals surface area contributed by atoms with Crippen molar-refractivity contribution >= 4 is 39.3 Å². The first-order valence-corrected chi connectivity index (χ1v) is 9.18. The maximum Gasteiger partial charge on any atom is 0.233 e. The van der Waals surface area contributed by atoms with Gasteiger partial charge in [-0.05, 0) is 43.5 Å². The Morgan fingerprint density at radius 1 is 1.21 bits per heavy atom. The monoisotopic (exact) mass is 392 g/mol. The molecule has 0 bridgehead atoms. The Kier molecular flexibility index (Phi) is 5.04. The van der Waals surface area contributed by atoms with Crippen molar-refractivity contribution in [2.45, 2.75) is 39.0 Å². The summed E-state index contributed by atoms with van der Waals surface area (Å²) in [4.78, 5) is 38.2. The Hall–Kier alpha value is -1.69. The molecular weight excluding hydrogens is 372 g/mol. The summed E-state index contributed by atoms with van der Waals surface area (Å²) >= 11 is 3.39. The van der Waals surface area contributed by atoms with Crippen molar-refractivity contribution in [3.8, 4) is 0 Å². The number of likely N-dealkylation sites (tertiary alicyclic amines) is 1. The fraction of sp³-hybridized carbons (Fsp3) is 0.500. The van der Waals surface area contributed by atoms with Gasteiger partial charge in [0.15, 0.2) is 0 Å². The van der Waals surface area contributed by atoms with Crippen LogP contribution in [-0.2, 0) is 14.4 Å². The number of anilines is 1. The number of carbonyl (C=O) groups excluding carboxylic acids is 3. The molecule has 2 fully saturated rings. The molecule has 0 spiro atoms. The minimum absolute atomic E-state index is 0.0858. The van der Waals surface area contributed by atoms with Gasteiger partial charge in [-0.15, -0.1) is 0 Å². The van der Waals surface area contributed by atoms with Crippen LogP contribution in [0.5, 0.6) is 0 Å². The van der Waals surface area contributed by atoms with Crippen molar-refractivity contribution in [3.63, 3.8) is 0 Å². The van der Waals surface area contributed by atoms with Gasteiger partial charge >= 0.3 is 0 Å². The number of nitrogens with one attached hydrogen (secondary N) is 1. The van der Waals surface area contributed by atoms with Crippen molar-refractivity contribution in [1.29, 1.82) is 0 Å². The third-order valence-corrected chi connectivity index (χ3v) is 5.45. The van der Waals surface area contributed by atoms with Crippen LogP contribution in [-0.4, -0.2) is 29.2 Å². The van der Waals surface area contributed by atoms with E-state index in [0.29, 0.717) is 0 Å². The lowest BCUT2D eigenvalue weighted by atomic mass is 9.81. The third kappa shape index (κ3) is 3.38. The summed E-state index contributed by atoms with van der Waals surface area (Å²) in [6, 6.07) is 5.62. The first kappa shape index (κ1) is 17.1. The topological polar surface area (TPSA) is 66.5 Å². The van der Waals surface area contributed by atoms with Gasteiger partial charge in [-0.25, -0.2) is 0 Å². The summed E-state index contributed by atoms with van der Waals surface area (Å²) in [5.74, 6) is -0.656. The molecule has 1 N–H and O–H groups in total. The van der Waals surface area contributed by atoms with E-state index in [1.54, 1.807) is 0 Å². The maximum absolute atomic E-state index is 12.4. The normalized spacial score (nSPS) is 23.3. The minimum atomic E-state index is -0.184. The molecule has 6 heteroatoms. The molecule has 0 radical (unpaired) electrons. The molecule has 24 heavy (non-hydrogen) atoms. The molecule has 128 valence electrons. The standard InChI is InChI=1S/C18H21BrN2O3/c1-11-10-12(19)6-7-15(11)20-16(22)8-9-21-17(23)13-4-2-3-5-14(13)18(21)24/h6-7,10,13-14H,2-5,8-9H2,1H3,(H,20,22). The van der Waals surface area contributed by atoms with Crippen LogP contribution in [0.3, 0.4) is 0 Å². The van der Waals surface area contributed by atoms with Gasteiger partial charge in [0.1, 0.15) is 0 Å². The molecule has 1 saturated heterocycles. The van der Waals surface area contributed by atoms with Crippen LogP contribution in [0.1, 0.15) is 37.7 Å². The Labute approximate surface area is 149 Å². The van der Waals surface area contributed by atoms with Gasteiger partial charge in [0.05, 0.1) is 11.8 Å². The minimum Gasteiger partial charge on any atom is -0.326 e. The Morgan fingerprint density at radius 3 is 2.42 bits per heavy atom. The summed E-state index contributed by atoms with van der Waals surface area (Å²) in [7, 11) is 0. The van der Waals surface area contributed by atoms with Crippen molar-refractivity contribution in [2.24, 2.45) is 11.8 Å². The van der Waals surface area contributed by atoms with Crippen LogP contribution in [0.15, 0.2) is 22.7 Å². The molecule has 3 rings (SSSR count). The third-order valence-electron chi connectivity index (χ3n) is 4.96. The highest BCUT2D eigenvalue weighted by Gasteiger charge is 2.47. The van der Waals surface area contributed by atoms with Gasteiger partial charge in [-0.2, -0.15) is 0 Å². The van der Waals surface area contributed by atoms with Crippen molar-refractivity contribution in [1.82, 2.24) is 4.90 Å². The number of benzene rings is 1. The fourth-order valence-electron chi connectivity index (χ4n) is 3.64. The molecule has 2 unspecified atom stereocenters. The van der Waals surface area contributed by atoms with Gasteiger partial charge in [-0.3, -0.25) is 19.3 Å². The number of fused-ring (bicyclic) bond motifs is 1. The van der Waals surface area contributed by atoms with E-state index >= 15 is 0 Å². The number of imide groups is 1. The highest BCUT2D eigenvalue weighted by Crippen LogP contribution is 2.38. The second-order valence-corrected chi connectivity index (χ2v) is 7.50. The highest BCUT2D eigenvalue weighted by molar-refractivity contribution is 9.10. The lowest BCUT2D eigenvalue weighted by Gasteiger charge is -2.19. The molecule has 1 aromatic carbocycles. The smallest absolute Gasteiger partial charge is 0.233 e. The van der Waals surface area contributed by atoms with Crippen LogP contribution in [0.25, 0.3) is 0 Å². The van der Waals surface area contributed by atoms with Crippen molar-refractivity contribution in [3.05, 3.63) is 28.2 Å². The maximum atomic E-state index is 12.4. The van der Waals surface area contributed by atoms with E-state index < -0.39 is 0 Å². The van der Waals surface area contributed by atoms with Crippen LogP contribution in [0.4, 0.5) is 5.69 Å². The van der Waals surface area contributed by atoms with Gasteiger partial charge < -0.3 is 5.32 Å². The predicted octanol–water partition coefficient (Wildman–Crippen LogP) is 3.26. The molecule has 5 nitrogen and oxygen atoms in total. The number of halogens is 1. The first-order chi connectivity index (χ1) is 11.5. The number of hydrogen-bond donors (Lipinski definition) is 1. The average molecular weight is 393 g/mol. The number of rotatable bonds is 4. The van der Waals surface area contributed by atoms with Crippen molar-refractivity contribution in [2.75, 3.05) is 11.9 Å². The zero-order valence-electron chi connectivity index (χ0n) is 13.7. The van der Waals surface area contributed by atoms with E-state index in [2.05, 4.69) is 21.2 Å².